The van der Waals surface area contributed by atoms with Gasteiger partial charge in [-0.2, -0.15) is 0 Å². The van der Waals surface area contributed by atoms with Crippen molar-refractivity contribution in [3.05, 3.63) is 58.8 Å². The zero-order valence-corrected chi connectivity index (χ0v) is 14.9. The molecular weight excluding hydrogens is 343 g/mol. The first-order valence-electron chi connectivity index (χ1n) is 8.56. The van der Waals surface area contributed by atoms with Gasteiger partial charge in [-0.3, -0.25) is 9.69 Å². The highest BCUT2D eigenvalue weighted by Gasteiger charge is 2.27. The molecule has 6 heteroatoms. The van der Waals surface area contributed by atoms with Crippen molar-refractivity contribution in [2.24, 2.45) is 5.92 Å². The van der Waals surface area contributed by atoms with E-state index < -0.39 is 11.7 Å². The molecule has 1 aromatic carbocycles. The quantitative estimate of drug-likeness (QED) is 0.861. The summed E-state index contributed by atoms with van der Waals surface area (Å²) in [6.45, 7) is 4.48. The molecular formula is C19H22ClFN2O2. The van der Waals surface area contributed by atoms with Crippen molar-refractivity contribution in [1.82, 2.24) is 10.2 Å². The molecule has 1 atom stereocenters. The number of benzene rings is 1. The Bertz CT molecular complexity index is 692. The maximum atomic E-state index is 13.9. The molecule has 4 nitrogen and oxygen atoms in total. The summed E-state index contributed by atoms with van der Waals surface area (Å²) in [5, 5.41) is 2.92. The summed E-state index contributed by atoms with van der Waals surface area (Å²) < 4.78 is 19.5. The van der Waals surface area contributed by atoms with E-state index in [1.165, 1.54) is 18.2 Å². The first-order valence-corrected chi connectivity index (χ1v) is 8.93. The highest BCUT2D eigenvalue weighted by Crippen LogP contribution is 2.27. The van der Waals surface area contributed by atoms with Crippen LogP contribution in [0.2, 0.25) is 5.02 Å². The Morgan fingerprint density at radius 3 is 2.76 bits per heavy atom. The number of halogens is 2. The number of likely N-dealkylation sites (tertiary alicyclic amines) is 1. The molecule has 0 saturated carbocycles. The van der Waals surface area contributed by atoms with E-state index in [-0.39, 0.29) is 16.6 Å². The van der Waals surface area contributed by atoms with Crippen LogP contribution >= 0.6 is 11.6 Å². The Labute approximate surface area is 152 Å². The lowest BCUT2D eigenvalue weighted by atomic mass is 9.97. The lowest BCUT2D eigenvalue weighted by Gasteiger charge is -2.35. The molecule has 1 aliphatic rings. The number of carbonyl (C=O) groups excluding carboxylic acids is 1. The molecule has 25 heavy (non-hydrogen) atoms. The Kier molecular flexibility index (Phi) is 5.76. The summed E-state index contributed by atoms with van der Waals surface area (Å²) in [6.07, 6.45) is 3.86. The largest absolute Gasteiger partial charge is 0.468 e. The molecule has 1 fully saturated rings. The first kappa shape index (κ1) is 18.0. The number of nitrogens with one attached hydrogen (secondary N) is 1. The summed E-state index contributed by atoms with van der Waals surface area (Å²) in [6, 6.07) is 7.90. The fraction of sp³-hybridized carbons (Fsp3) is 0.421. The fourth-order valence-electron chi connectivity index (χ4n) is 3.22. The minimum absolute atomic E-state index is 0.0722. The van der Waals surface area contributed by atoms with Crippen molar-refractivity contribution in [1.29, 1.82) is 0 Å². The van der Waals surface area contributed by atoms with Crippen LogP contribution in [0.4, 0.5) is 4.39 Å². The Morgan fingerprint density at radius 2 is 2.12 bits per heavy atom. The summed E-state index contributed by atoms with van der Waals surface area (Å²) in [4.78, 5) is 14.7. The molecule has 1 aromatic heterocycles. The van der Waals surface area contributed by atoms with Gasteiger partial charge in [0, 0.05) is 6.54 Å². The van der Waals surface area contributed by atoms with Gasteiger partial charge < -0.3 is 9.73 Å². The van der Waals surface area contributed by atoms with Gasteiger partial charge in [0.1, 0.15) is 11.6 Å². The van der Waals surface area contributed by atoms with Gasteiger partial charge in [0.25, 0.3) is 5.91 Å². The number of piperidine rings is 1. The molecule has 1 saturated heterocycles. The van der Waals surface area contributed by atoms with E-state index >= 15 is 0 Å². The van der Waals surface area contributed by atoms with Crippen LogP contribution in [0.15, 0.2) is 41.0 Å². The SMILES string of the molecule is CC1CCN(C(CNC(=O)c2c(F)cccc2Cl)c2ccco2)CC1. The van der Waals surface area contributed by atoms with Gasteiger partial charge in [-0.15, -0.1) is 0 Å². The lowest BCUT2D eigenvalue weighted by molar-refractivity contribution is 0.0892. The molecule has 0 spiro atoms. The summed E-state index contributed by atoms with van der Waals surface area (Å²) in [5.74, 6) is 0.381. The Balaban J connectivity index is 1.72. The van der Waals surface area contributed by atoms with E-state index in [0.717, 1.165) is 31.7 Å². The van der Waals surface area contributed by atoms with Gasteiger partial charge in [0.2, 0.25) is 0 Å². The molecule has 3 rings (SSSR count). The second-order valence-electron chi connectivity index (χ2n) is 6.56. The fourth-order valence-corrected chi connectivity index (χ4v) is 3.47. The van der Waals surface area contributed by atoms with Crippen molar-refractivity contribution < 1.29 is 13.6 Å². The maximum Gasteiger partial charge on any atom is 0.255 e. The standard InChI is InChI=1S/C19H22ClFN2O2/c1-13-7-9-23(10-8-13)16(17-6-3-11-25-17)12-22-19(24)18-14(20)4-2-5-15(18)21/h2-6,11,13,16H,7-10,12H2,1H3,(H,22,24). The molecule has 134 valence electrons. The van der Waals surface area contributed by atoms with E-state index in [0.29, 0.717) is 12.5 Å². The number of hydrogen-bond donors (Lipinski definition) is 1. The van der Waals surface area contributed by atoms with E-state index in [1.807, 2.05) is 12.1 Å². The number of amides is 1. The number of rotatable bonds is 5. The average Bonchev–Trinajstić information content (AvgIpc) is 3.11. The van der Waals surface area contributed by atoms with Gasteiger partial charge in [-0.1, -0.05) is 24.6 Å². The van der Waals surface area contributed by atoms with Crippen molar-refractivity contribution in [3.63, 3.8) is 0 Å². The third kappa shape index (κ3) is 4.22. The van der Waals surface area contributed by atoms with E-state index in [1.54, 1.807) is 6.26 Å². The lowest BCUT2D eigenvalue weighted by Crippen LogP contribution is -2.42. The number of nitrogens with zero attached hydrogens (tertiary/aromatic N) is 1. The zero-order chi connectivity index (χ0) is 17.8. The molecule has 1 aliphatic heterocycles. The van der Waals surface area contributed by atoms with Crippen LogP contribution < -0.4 is 5.32 Å². The molecule has 1 unspecified atom stereocenters. The molecule has 0 aliphatic carbocycles. The van der Waals surface area contributed by atoms with Gasteiger partial charge >= 0.3 is 0 Å². The number of furan rings is 1. The molecule has 0 bridgehead atoms. The molecule has 2 aromatic rings. The van der Waals surface area contributed by atoms with Crippen LogP contribution in [0.3, 0.4) is 0 Å². The van der Waals surface area contributed by atoms with E-state index in [2.05, 4.69) is 17.1 Å². The van der Waals surface area contributed by atoms with Crippen LogP contribution in [0.1, 0.15) is 41.9 Å². The number of hydrogen-bond acceptors (Lipinski definition) is 3. The average molecular weight is 365 g/mol. The van der Waals surface area contributed by atoms with Crippen molar-refractivity contribution in [3.8, 4) is 0 Å². The highest BCUT2D eigenvalue weighted by molar-refractivity contribution is 6.33. The predicted octanol–water partition coefficient (Wildman–Crippen LogP) is 4.28. The third-order valence-electron chi connectivity index (χ3n) is 4.78. The van der Waals surface area contributed by atoms with Crippen LogP contribution in [0, 0.1) is 11.7 Å². The highest BCUT2D eigenvalue weighted by atomic mass is 35.5. The van der Waals surface area contributed by atoms with Crippen LogP contribution in [-0.2, 0) is 0 Å². The van der Waals surface area contributed by atoms with Crippen LogP contribution in [0.5, 0.6) is 0 Å². The van der Waals surface area contributed by atoms with Crippen molar-refractivity contribution in [2.45, 2.75) is 25.8 Å². The van der Waals surface area contributed by atoms with Gasteiger partial charge in [0.05, 0.1) is 22.9 Å². The van der Waals surface area contributed by atoms with Crippen molar-refractivity contribution in [2.75, 3.05) is 19.6 Å². The van der Waals surface area contributed by atoms with Crippen molar-refractivity contribution >= 4 is 17.5 Å². The summed E-state index contributed by atoms with van der Waals surface area (Å²) in [7, 11) is 0. The van der Waals surface area contributed by atoms with Gasteiger partial charge in [-0.05, 0) is 56.1 Å². The molecule has 1 amide bonds. The minimum atomic E-state index is -0.619. The second kappa shape index (κ2) is 8.02. The normalized spacial score (nSPS) is 17.4. The van der Waals surface area contributed by atoms with Gasteiger partial charge in [0.15, 0.2) is 0 Å². The smallest absolute Gasteiger partial charge is 0.255 e. The Hall–Kier alpha value is -1.85. The van der Waals surface area contributed by atoms with E-state index in [4.69, 9.17) is 16.0 Å². The monoisotopic (exact) mass is 364 g/mol. The minimum Gasteiger partial charge on any atom is -0.468 e. The first-order chi connectivity index (χ1) is 12.1. The second-order valence-corrected chi connectivity index (χ2v) is 6.96. The topological polar surface area (TPSA) is 45.5 Å². The van der Waals surface area contributed by atoms with E-state index in [9.17, 15) is 9.18 Å². The summed E-state index contributed by atoms with van der Waals surface area (Å²) >= 11 is 5.97. The molecule has 0 radical (unpaired) electrons. The molecule has 1 N–H and O–H groups in total. The van der Waals surface area contributed by atoms with Gasteiger partial charge in [-0.25, -0.2) is 4.39 Å². The molecule has 2 heterocycles. The zero-order valence-electron chi connectivity index (χ0n) is 14.2. The Morgan fingerprint density at radius 1 is 1.36 bits per heavy atom. The predicted molar refractivity (Wildman–Crippen MR) is 95.2 cm³/mol. The summed E-state index contributed by atoms with van der Waals surface area (Å²) in [5.41, 5.74) is -0.116. The van der Waals surface area contributed by atoms with Crippen LogP contribution in [0.25, 0.3) is 0 Å². The third-order valence-corrected chi connectivity index (χ3v) is 5.09. The van der Waals surface area contributed by atoms with Crippen LogP contribution in [-0.4, -0.2) is 30.4 Å². The maximum absolute atomic E-state index is 13.9. The number of carbonyl (C=O) groups is 1.